The van der Waals surface area contributed by atoms with Gasteiger partial charge in [-0.1, -0.05) is 37.0 Å². The summed E-state index contributed by atoms with van der Waals surface area (Å²) in [5.74, 6) is 0.707. The first-order valence-corrected chi connectivity index (χ1v) is 6.20. The molecule has 0 unspecified atom stereocenters. The van der Waals surface area contributed by atoms with Crippen LogP contribution in [0.1, 0.15) is 37.7 Å². The highest BCUT2D eigenvalue weighted by atomic mass is 14.6. The van der Waals surface area contributed by atoms with Crippen molar-refractivity contribution in [3.8, 4) is 0 Å². The summed E-state index contributed by atoms with van der Waals surface area (Å²) in [6, 6.07) is 4.06. The summed E-state index contributed by atoms with van der Waals surface area (Å²) >= 11 is 0. The minimum absolute atomic E-state index is 0.680. The van der Waals surface area contributed by atoms with E-state index in [1.54, 1.807) is 6.20 Å². The normalized spacial score (nSPS) is 18.7. The molecule has 2 rings (SSSR count). The Hall–Kier alpha value is -1.15. The molecule has 1 aromatic heterocycles. The molecule has 2 nitrogen and oxygen atoms in total. The van der Waals surface area contributed by atoms with Crippen LogP contribution in [-0.4, -0.2) is 11.5 Å². The first-order chi connectivity index (χ1) is 7.90. The minimum Gasteiger partial charge on any atom is -0.327 e. The van der Waals surface area contributed by atoms with Crippen LogP contribution in [0.15, 0.2) is 30.1 Å². The van der Waals surface area contributed by atoms with Gasteiger partial charge in [0.15, 0.2) is 0 Å². The van der Waals surface area contributed by atoms with Crippen LogP contribution in [0.3, 0.4) is 0 Å². The average molecular weight is 216 g/mol. The SMILES string of the molecule is NCC(=Cc1cccnc1)C1CCCCC1. The van der Waals surface area contributed by atoms with E-state index in [-0.39, 0.29) is 0 Å². The highest BCUT2D eigenvalue weighted by molar-refractivity contribution is 5.52. The van der Waals surface area contributed by atoms with Crippen LogP contribution in [0.4, 0.5) is 0 Å². The lowest BCUT2D eigenvalue weighted by molar-refractivity contribution is 0.401. The van der Waals surface area contributed by atoms with E-state index in [9.17, 15) is 0 Å². The fraction of sp³-hybridized carbons (Fsp3) is 0.500. The largest absolute Gasteiger partial charge is 0.327 e. The lowest BCUT2D eigenvalue weighted by Crippen LogP contribution is -2.16. The van der Waals surface area contributed by atoms with Gasteiger partial charge in [-0.2, -0.15) is 0 Å². The zero-order valence-electron chi connectivity index (χ0n) is 9.73. The second-order valence-electron chi connectivity index (χ2n) is 4.54. The topological polar surface area (TPSA) is 38.9 Å². The number of rotatable bonds is 3. The Morgan fingerprint density at radius 3 is 2.81 bits per heavy atom. The molecule has 1 aliphatic rings. The summed E-state index contributed by atoms with van der Waals surface area (Å²) in [5.41, 5.74) is 8.43. The Labute approximate surface area is 97.6 Å². The number of pyridine rings is 1. The van der Waals surface area contributed by atoms with Crippen LogP contribution in [0.5, 0.6) is 0 Å². The van der Waals surface area contributed by atoms with Crippen molar-refractivity contribution in [2.75, 3.05) is 6.54 Å². The first kappa shape index (κ1) is 11.3. The molecule has 1 saturated carbocycles. The molecule has 1 fully saturated rings. The third-order valence-electron chi connectivity index (χ3n) is 3.40. The van der Waals surface area contributed by atoms with Crippen LogP contribution in [-0.2, 0) is 0 Å². The fourth-order valence-corrected chi connectivity index (χ4v) is 2.49. The maximum atomic E-state index is 5.86. The van der Waals surface area contributed by atoms with Gasteiger partial charge in [-0.25, -0.2) is 0 Å². The van der Waals surface area contributed by atoms with Crippen molar-refractivity contribution in [1.29, 1.82) is 0 Å². The van der Waals surface area contributed by atoms with Gasteiger partial charge in [0.2, 0.25) is 0 Å². The first-order valence-electron chi connectivity index (χ1n) is 6.20. The fourth-order valence-electron chi connectivity index (χ4n) is 2.49. The van der Waals surface area contributed by atoms with Crippen LogP contribution in [0.2, 0.25) is 0 Å². The molecule has 0 saturated heterocycles. The van der Waals surface area contributed by atoms with Crippen molar-refractivity contribution >= 4 is 6.08 Å². The number of nitrogens with two attached hydrogens (primary N) is 1. The quantitative estimate of drug-likeness (QED) is 0.843. The van der Waals surface area contributed by atoms with Gasteiger partial charge in [0.05, 0.1) is 0 Å². The molecule has 2 N–H and O–H groups in total. The van der Waals surface area contributed by atoms with Gasteiger partial charge < -0.3 is 5.73 Å². The highest BCUT2D eigenvalue weighted by Crippen LogP contribution is 2.30. The van der Waals surface area contributed by atoms with Crippen LogP contribution < -0.4 is 5.73 Å². The monoisotopic (exact) mass is 216 g/mol. The zero-order valence-corrected chi connectivity index (χ0v) is 9.73. The van der Waals surface area contributed by atoms with Crippen molar-refractivity contribution in [3.63, 3.8) is 0 Å². The minimum atomic E-state index is 0.680. The third-order valence-corrected chi connectivity index (χ3v) is 3.40. The third kappa shape index (κ3) is 2.92. The lowest BCUT2D eigenvalue weighted by atomic mass is 9.83. The molecule has 2 heteroatoms. The summed E-state index contributed by atoms with van der Waals surface area (Å²) in [6.07, 6.45) is 12.7. The van der Waals surface area contributed by atoms with E-state index >= 15 is 0 Å². The predicted molar refractivity (Wildman–Crippen MR) is 67.8 cm³/mol. The van der Waals surface area contributed by atoms with Crippen LogP contribution in [0.25, 0.3) is 6.08 Å². The van der Waals surface area contributed by atoms with Crippen LogP contribution in [0, 0.1) is 5.92 Å². The van der Waals surface area contributed by atoms with Gasteiger partial charge in [0.25, 0.3) is 0 Å². The Morgan fingerprint density at radius 1 is 1.38 bits per heavy atom. The highest BCUT2D eigenvalue weighted by Gasteiger charge is 2.16. The molecule has 0 spiro atoms. The molecule has 0 aliphatic heterocycles. The maximum Gasteiger partial charge on any atom is 0.0340 e. The molecule has 1 aromatic rings. The van der Waals surface area contributed by atoms with E-state index in [1.807, 2.05) is 12.3 Å². The summed E-state index contributed by atoms with van der Waals surface area (Å²) < 4.78 is 0. The van der Waals surface area contributed by atoms with Crippen molar-refractivity contribution in [2.45, 2.75) is 32.1 Å². The van der Waals surface area contributed by atoms with Gasteiger partial charge in [0, 0.05) is 18.9 Å². The van der Waals surface area contributed by atoms with E-state index in [0.717, 1.165) is 0 Å². The van der Waals surface area contributed by atoms with E-state index in [4.69, 9.17) is 5.73 Å². The average Bonchev–Trinajstić information content (AvgIpc) is 2.38. The zero-order chi connectivity index (χ0) is 11.2. The predicted octanol–water partition coefficient (Wildman–Crippen LogP) is 3.00. The molecule has 0 amide bonds. The van der Waals surface area contributed by atoms with Crippen molar-refractivity contribution < 1.29 is 0 Å². The molecule has 0 radical (unpaired) electrons. The number of aromatic nitrogens is 1. The van der Waals surface area contributed by atoms with Gasteiger partial charge >= 0.3 is 0 Å². The van der Waals surface area contributed by atoms with Gasteiger partial charge in [-0.3, -0.25) is 4.98 Å². The lowest BCUT2D eigenvalue weighted by Gasteiger charge is -2.23. The van der Waals surface area contributed by atoms with Crippen molar-refractivity contribution in [1.82, 2.24) is 4.98 Å². The number of hydrogen-bond acceptors (Lipinski definition) is 2. The number of nitrogens with zero attached hydrogens (tertiary/aromatic N) is 1. The molecule has 0 bridgehead atoms. The van der Waals surface area contributed by atoms with E-state index < -0.39 is 0 Å². The molecule has 1 heterocycles. The molecular formula is C14H20N2. The Kier molecular flexibility index (Phi) is 4.11. The molecule has 86 valence electrons. The maximum absolute atomic E-state index is 5.86. The van der Waals surface area contributed by atoms with E-state index in [1.165, 1.54) is 43.2 Å². The smallest absolute Gasteiger partial charge is 0.0340 e. The molecule has 0 aromatic carbocycles. The summed E-state index contributed by atoms with van der Waals surface area (Å²) in [4.78, 5) is 4.13. The standard InChI is InChI=1S/C14H20N2/c15-10-14(13-6-2-1-3-7-13)9-12-5-4-8-16-11-12/h4-5,8-9,11,13H,1-3,6-7,10,15H2. The van der Waals surface area contributed by atoms with Gasteiger partial charge in [-0.05, 0) is 30.4 Å². The Balaban J connectivity index is 2.12. The Morgan fingerprint density at radius 2 is 2.19 bits per heavy atom. The van der Waals surface area contributed by atoms with Crippen LogP contribution >= 0.6 is 0 Å². The second kappa shape index (κ2) is 5.80. The van der Waals surface area contributed by atoms with Crippen molar-refractivity contribution in [2.24, 2.45) is 11.7 Å². The molecule has 16 heavy (non-hydrogen) atoms. The van der Waals surface area contributed by atoms with E-state index in [0.29, 0.717) is 12.5 Å². The summed E-state index contributed by atoms with van der Waals surface area (Å²) in [6.45, 7) is 0.680. The number of hydrogen-bond donors (Lipinski definition) is 1. The van der Waals surface area contributed by atoms with E-state index in [2.05, 4.69) is 17.1 Å². The summed E-state index contributed by atoms with van der Waals surface area (Å²) in [7, 11) is 0. The molecule has 1 aliphatic carbocycles. The molecule has 0 atom stereocenters. The molecular weight excluding hydrogens is 196 g/mol. The van der Waals surface area contributed by atoms with Crippen molar-refractivity contribution in [3.05, 3.63) is 35.7 Å². The van der Waals surface area contributed by atoms with Gasteiger partial charge in [0.1, 0.15) is 0 Å². The van der Waals surface area contributed by atoms with Gasteiger partial charge in [-0.15, -0.1) is 0 Å². The Bertz CT molecular complexity index is 337. The second-order valence-corrected chi connectivity index (χ2v) is 4.54. The summed E-state index contributed by atoms with van der Waals surface area (Å²) in [5, 5.41) is 0.